The summed E-state index contributed by atoms with van der Waals surface area (Å²) in [5.41, 5.74) is 1.13. The maximum Gasteiger partial charge on any atom is 0.283 e. The van der Waals surface area contributed by atoms with Crippen molar-refractivity contribution in [3.63, 3.8) is 0 Å². The maximum atomic E-state index is 12.1. The van der Waals surface area contributed by atoms with E-state index in [1.165, 1.54) is 24.3 Å². The van der Waals surface area contributed by atoms with E-state index in [0.29, 0.717) is 0 Å². The molecule has 0 aliphatic rings. The zero-order valence-electron chi connectivity index (χ0n) is 10.7. The minimum Gasteiger partial charge on any atom is -0.224 e. The summed E-state index contributed by atoms with van der Waals surface area (Å²) in [6.45, 7) is 1.85. The van der Waals surface area contributed by atoms with Crippen LogP contribution in [-0.4, -0.2) is 18.6 Å². The van der Waals surface area contributed by atoms with Crippen molar-refractivity contribution in [2.75, 3.05) is 0 Å². The van der Waals surface area contributed by atoms with Crippen LogP contribution < -0.4 is 0 Å². The maximum absolute atomic E-state index is 12.1. The zero-order chi connectivity index (χ0) is 15.6. The van der Waals surface area contributed by atoms with Gasteiger partial charge in [0, 0.05) is 0 Å². The summed E-state index contributed by atoms with van der Waals surface area (Å²) >= 11 is 17.5. The van der Waals surface area contributed by atoms with Crippen molar-refractivity contribution in [2.24, 2.45) is 4.40 Å². The fourth-order valence-electron chi connectivity index (χ4n) is 1.48. The van der Waals surface area contributed by atoms with Gasteiger partial charge in [0.1, 0.15) is 10.3 Å². The van der Waals surface area contributed by atoms with Crippen LogP contribution in [0.2, 0.25) is 10.3 Å². The van der Waals surface area contributed by atoms with Crippen LogP contribution in [0.3, 0.4) is 0 Å². The van der Waals surface area contributed by atoms with Gasteiger partial charge >= 0.3 is 0 Å². The third-order valence-electron chi connectivity index (χ3n) is 2.56. The molecule has 21 heavy (non-hydrogen) atoms. The smallest absolute Gasteiger partial charge is 0.224 e. The van der Waals surface area contributed by atoms with Crippen LogP contribution in [0.1, 0.15) is 11.1 Å². The number of aromatic nitrogens is 1. The highest BCUT2D eigenvalue weighted by atomic mass is 35.5. The Hall–Kier alpha value is -1.14. The highest BCUT2D eigenvalue weighted by Gasteiger charge is 2.16. The van der Waals surface area contributed by atoms with Crippen LogP contribution >= 0.6 is 34.8 Å². The molecule has 0 radical (unpaired) electrons. The lowest BCUT2D eigenvalue weighted by Crippen LogP contribution is -2.03. The van der Waals surface area contributed by atoms with Gasteiger partial charge in [0.15, 0.2) is 5.17 Å². The molecule has 0 amide bonds. The molecule has 2 rings (SSSR count). The number of rotatable bonds is 3. The molecule has 0 N–H and O–H groups in total. The van der Waals surface area contributed by atoms with E-state index in [9.17, 15) is 8.42 Å². The zero-order valence-corrected chi connectivity index (χ0v) is 13.8. The third kappa shape index (κ3) is 3.95. The lowest BCUT2D eigenvalue weighted by Gasteiger charge is -2.03. The summed E-state index contributed by atoms with van der Waals surface area (Å²) in [5, 5.41) is -0.116. The van der Waals surface area contributed by atoms with Crippen LogP contribution in [0.15, 0.2) is 45.7 Å². The van der Waals surface area contributed by atoms with Crippen molar-refractivity contribution in [3.05, 3.63) is 57.8 Å². The second-order valence-corrected chi connectivity index (χ2v) is 6.85. The van der Waals surface area contributed by atoms with E-state index in [0.717, 1.165) is 5.56 Å². The Morgan fingerprint density at radius 3 is 2.29 bits per heavy atom. The highest BCUT2D eigenvalue weighted by Crippen LogP contribution is 2.21. The summed E-state index contributed by atoms with van der Waals surface area (Å²) in [5.74, 6) is 0. The van der Waals surface area contributed by atoms with Crippen LogP contribution in [0, 0.1) is 6.92 Å². The van der Waals surface area contributed by atoms with Gasteiger partial charge in [0.2, 0.25) is 0 Å². The molecule has 0 saturated heterocycles. The molecule has 1 aromatic heterocycles. The standard InChI is InChI=1S/C13H9Cl3N2O2S/c1-8-2-4-9(5-3-8)21(19,20)18-13(16)10-6-7-11(14)17-12(10)15/h2-7H,1H3. The van der Waals surface area contributed by atoms with E-state index in [2.05, 4.69) is 9.38 Å². The largest absolute Gasteiger partial charge is 0.283 e. The molecule has 0 aliphatic carbocycles. The van der Waals surface area contributed by atoms with E-state index >= 15 is 0 Å². The quantitative estimate of drug-likeness (QED) is 0.610. The summed E-state index contributed by atoms with van der Waals surface area (Å²) in [4.78, 5) is 3.83. The van der Waals surface area contributed by atoms with Crippen LogP contribution in [0.25, 0.3) is 0 Å². The van der Waals surface area contributed by atoms with E-state index in [1.54, 1.807) is 12.1 Å². The summed E-state index contributed by atoms with van der Waals surface area (Å²) in [6, 6.07) is 9.16. The Labute approximate surface area is 137 Å². The fraction of sp³-hybridized carbons (Fsp3) is 0.0769. The molecule has 0 atom stereocenters. The Bertz CT molecular complexity index is 803. The van der Waals surface area contributed by atoms with E-state index in [4.69, 9.17) is 34.8 Å². The van der Waals surface area contributed by atoms with Gasteiger partial charge in [-0.2, -0.15) is 8.42 Å². The first-order chi connectivity index (χ1) is 9.79. The Kier molecular flexibility index (Phi) is 4.88. The van der Waals surface area contributed by atoms with Gasteiger partial charge in [-0.1, -0.05) is 52.5 Å². The van der Waals surface area contributed by atoms with Gasteiger partial charge < -0.3 is 0 Å². The molecular weight excluding hydrogens is 355 g/mol. The van der Waals surface area contributed by atoms with Crippen molar-refractivity contribution in [3.8, 4) is 0 Å². The van der Waals surface area contributed by atoms with Gasteiger partial charge in [0.05, 0.1) is 10.5 Å². The first-order valence-corrected chi connectivity index (χ1v) is 8.26. The summed E-state index contributed by atoms with van der Waals surface area (Å²) in [6.07, 6.45) is 0. The highest BCUT2D eigenvalue weighted by molar-refractivity contribution is 7.90. The average molecular weight is 364 g/mol. The van der Waals surface area contributed by atoms with Crippen molar-refractivity contribution >= 4 is 50.0 Å². The lowest BCUT2D eigenvalue weighted by molar-refractivity contribution is 0.598. The van der Waals surface area contributed by atoms with E-state index < -0.39 is 10.0 Å². The molecule has 4 nitrogen and oxygen atoms in total. The van der Waals surface area contributed by atoms with Gasteiger partial charge in [0.25, 0.3) is 10.0 Å². The number of aryl methyl sites for hydroxylation is 1. The molecule has 8 heteroatoms. The molecule has 1 heterocycles. The van der Waals surface area contributed by atoms with Crippen molar-refractivity contribution in [1.29, 1.82) is 0 Å². The number of sulfonamides is 1. The molecule has 0 bridgehead atoms. The molecule has 0 fully saturated rings. The van der Waals surface area contributed by atoms with Crippen molar-refractivity contribution < 1.29 is 8.42 Å². The topological polar surface area (TPSA) is 59.4 Å². The van der Waals surface area contributed by atoms with Gasteiger partial charge in [-0.25, -0.2) is 4.98 Å². The predicted molar refractivity (Wildman–Crippen MR) is 85.0 cm³/mol. The van der Waals surface area contributed by atoms with Crippen LogP contribution in [-0.2, 0) is 10.0 Å². The van der Waals surface area contributed by atoms with E-state index in [-0.39, 0.29) is 25.9 Å². The number of hydrogen-bond acceptors (Lipinski definition) is 3. The Balaban J connectivity index is 2.43. The number of nitrogens with zero attached hydrogens (tertiary/aromatic N) is 2. The number of pyridine rings is 1. The van der Waals surface area contributed by atoms with Gasteiger partial charge in [-0.05, 0) is 31.2 Å². The summed E-state index contributed by atoms with van der Waals surface area (Å²) < 4.78 is 27.8. The van der Waals surface area contributed by atoms with Crippen molar-refractivity contribution in [2.45, 2.75) is 11.8 Å². The van der Waals surface area contributed by atoms with E-state index in [1.807, 2.05) is 6.92 Å². The Morgan fingerprint density at radius 1 is 1.10 bits per heavy atom. The van der Waals surface area contributed by atoms with Gasteiger partial charge in [-0.3, -0.25) is 0 Å². The normalized spacial score (nSPS) is 12.5. The molecule has 0 aliphatic heterocycles. The second kappa shape index (κ2) is 6.32. The van der Waals surface area contributed by atoms with Gasteiger partial charge in [-0.15, -0.1) is 4.40 Å². The third-order valence-corrected chi connectivity index (χ3v) is 4.73. The minimum atomic E-state index is -3.91. The first-order valence-electron chi connectivity index (χ1n) is 5.69. The average Bonchev–Trinajstić information content (AvgIpc) is 2.38. The molecule has 0 spiro atoms. The molecule has 0 saturated carbocycles. The molecule has 2 aromatic rings. The number of halogens is 3. The molecular formula is C13H9Cl3N2O2S. The predicted octanol–water partition coefficient (Wildman–Crippen LogP) is 4.07. The molecule has 110 valence electrons. The monoisotopic (exact) mass is 362 g/mol. The summed E-state index contributed by atoms with van der Waals surface area (Å²) in [7, 11) is -3.91. The molecule has 0 unspecified atom stereocenters. The number of hydrogen-bond donors (Lipinski definition) is 0. The first kappa shape index (κ1) is 16.2. The van der Waals surface area contributed by atoms with Crippen LogP contribution in [0.4, 0.5) is 0 Å². The SMILES string of the molecule is Cc1ccc(S(=O)(=O)N=C(Cl)c2ccc(Cl)nc2Cl)cc1. The van der Waals surface area contributed by atoms with Crippen LogP contribution in [0.5, 0.6) is 0 Å². The minimum absolute atomic E-state index is 0.0182. The lowest BCUT2D eigenvalue weighted by atomic mass is 10.2. The fourth-order valence-corrected chi connectivity index (χ4v) is 3.29. The number of benzene rings is 1. The Morgan fingerprint density at radius 2 is 1.71 bits per heavy atom. The van der Waals surface area contributed by atoms with Crippen molar-refractivity contribution in [1.82, 2.24) is 4.98 Å². The molecule has 1 aromatic carbocycles. The second-order valence-electron chi connectivity index (χ2n) is 4.14.